The van der Waals surface area contributed by atoms with Gasteiger partial charge in [-0.3, -0.25) is 15.0 Å². The first-order valence-corrected chi connectivity index (χ1v) is 46.6. The smallest absolute Gasteiger partial charge is 0.252 e. The third-order valence-electron chi connectivity index (χ3n) is 23.1. The summed E-state index contributed by atoms with van der Waals surface area (Å²) < 4.78 is 0. The van der Waals surface area contributed by atoms with Gasteiger partial charge in [0.15, 0.2) is 0 Å². The molecule has 0 saturated heterocycles. The zero-order valence-electron chi connectivity index (χ0n) is 69.4. The van der Waals surface area contributed by atoms with Gasteiger partial charge in [0.05, 0.1) is 0 Å². The molecule has 0 amide bonds. The fourth-order valence-corrected chi connectivity index (χ4v) is 26.4. The van der Waals surface area contributed by atoms with Crippen LogP contribution in [0.15, 0.2) is 516 Å². The Balaban J connectivity index is 0.000000119. The Labute approximate surface area is 740 Å². The van der Waals surface area contributed by atoms with Crippen LogP contribution < -0.4 is 91.4 Å². The maximum atomic E-state index is 4.72. The van der Waals surface area contributed by atoms with E-state index in [0.29, 0.717) is 0 Å². The molecular formula is C114H97B2FeN3P3+3. The van der Waals surface area contributed by atoms with Gasteiger partial charge in [0.25, 0.3) is 0 Å². The quantitative estimate of drug-likeness (QED) is 0.0674. The summed E-state index contributed by atoms with van der Waals surface area (Å²) in [6.45, 7) is 6.52. The molecule has 9 heteroatoms. The van der Waals surface area contributed by atoms with Crippen molar-refractivity contribution in [2.75, 3.05) is 0 Å². The Bertz CT molecular complexity index is 5640. The van der Waals surface area contributed by atoms with Crippen LogP contribution in [0.4, 0.5) is 0 Å². The molecular weight excluding hydrogens is 1580 g/mol. The van der Waals surface area contributed by atoms with E-state index in [1.807, 2.05) is 36.8 Å². The van der Waals surface area contributed by atoms with Gasteiger partial charge in [0.2, 0.25) is 0 Å². The second-order valence-electron chi connectivity index (χ2n) is 31.0. The van der Waals surface area contributed by atoms with Gasteiger partial charge in [-0.2, -0.15) is 43.7 Å². The van der Waals surface area contributed by atoms with Crippen LogP contribution in [-0.2, 0) is 17.1 Å². The van der Waals surface area contributed by atoms with E-state index in [1.54, 1.807) is 0 Å². The summed E-state index contributed by atoms with van der Waals surface area (Å²) in [4.78, 5) is 14.2. The summed E-state index contributed by atoms with van der Waals surface area (Å²) >= 11 is 0. The Morgan fingerprint density at radius 2 is 0.317 bits per heavy atom. The fraction of sp³-hybridized carbons (Fsp3) is 0.0263. The third-order valence-corrected chi connectivity index (χ3v) is 31.4. The number of aromatic nitrogens is 3. The Kier molecular flexibility index (Phi) is 28.9. The van der Waals surface area contributed by atoms with Crippen LogP contribution in [0, 0.1) is 20.8 Å². The fourth-order valence-electron chi connectivity index (χ4n) is 17.9. The van der Waals surface area contributed by atoms with Crippen LogP contribution in [-0.4, -0.2) is 27.2 Å². The number of nitrogens with zero attached hydrogens (tertiary/aromatic N) is 3. The minimum absolute atomic E-state index is 0. The van der Waals surface area contributed by atoms with E-state index in [1.165, 1.54) is 124 Å². The second kappa shape index (κ2) is 41.9. The molecule has 0 fully saturated rings. The predicted octanol–water partition coefficient (Wildman–Crippen LogP) is 18.2. The molecule has 20 aromatic rings. The van der Waals surface area contributed by atoms with Crippen molar-refractivity contribution in [3.63, 3.8) is 0 Å². The van der Waals surface area contributed by atoms with Crippen LogP contribution in [0.25, 0.3) is 32.7 Å². The molecule has 3 aromatic heterocycles. The van der Waals surface area contributed by atoms with Crippen molar-refractivity contribution in [2.24, 2.45) is 0 Å². The van der Waals surface area contributed by atoms with Gasteiger partial charge in [0.1, 0.15) is 100 Å². The van der Waals surface area contributed by atoms with Crippen molar-refractivity contribution in [2.45, 2.75) is 20.8 Å². The minimum Gasteiger partial charge on any atom is -0.252 e. The molecule has 0 unspecified atom stereocenters. The first-order chi connectivity index (χ1) is 60.3. The van der Waals surface area contributed by atoms with Crippen molar-refractivity contribution in [1.29, 1.82) is 0 Å². The van der Waals surface area contributed by atoms with Gasteiger partial charge < -0.3 is 0 Å². The molecule has 3 nitrogen and oxygen atoms in total. The first-order valence-electron chi connectivity index (χ1n) is 42.1. The predicted molar refractivity (Wildman–Crippen MR) is 540 cm³/mol. The van der Waals surface area contributed by atoms with Crippen molar-refractivity contribution < 1.29 is 17.1 Å². The van der Waals surface area contributed by atoms with Crippen LogP contribution in [0.1, 0.15) is 16.7 Å². The second-order valence-corrected chi connectivity index (χ2v) is 38.3. The van der Waals surface area contributed by atoms with Crippen LogP contribution in [0.5, 0.6) is 0 Å². The molecule has 0 radical (unpaired) electrons. The molecule has 0 aliphatic rings. The number of hydrogen-bond donors (Lipinski definition) is 0. The number of aryl methyl sites for hydroxylation is 3. The van der Waals surface area contributed by atoms with Crippen LogP contribution in [0.3, 0.4) is 0 Å². The normalized spacial score (nSPS) is 11.0. The van der Waals surface area contributed by atoms with E-state index in [-0.39, 0.29) is 17.1 Å². The molecule has 0 bridgehead atoms. The molecule has 123 heavy (non-hydrogen) atoms. The minimum atomic E-state index is -1.22. The van der Waals surface area contributed by atoms with Gasteiger partial charge >= 0.3 is 17.1 Å². The number of benzene rings is 17. The van der Waals surface area contributed by atoms with Crippen molar-refractivity contribution in [1.82, 2.24) is 15.0 Å². The van der Waals surface area contributed by atoms with E-state index < -0.39 is 36.1 Å². The number of rotatable bonds is 17. The maximum Gasteiger partial charge on any atom is 2.00 e. The molecule has 0 atom stereocenters. The third kappa shape index (κ3) is 19.6. The van der Waals surface area contributed by atoms with Crippen LogP contribution >= 0.6 is 23.8 Å². The molecule has 594 valence electrons. The molecule has 0 saturated carbocycles. The van der Waals surface area contributed by atoms with E-state index in [9.17, 15) is 0 Å². The van der Waals surface area contributed by atoms with Gasteiger partial charge in [-0.15, -0.1) is 0 Å². The summed E-state index contributed by atoms with van der Waals surface area (Å²) in [5.74, 6) is 0. The Morgan fingerprint density at radius 3 is 0.472 bits per heavy atom. The molecule has 20 rings (SSSR count). The summed E-state index contributed by atoms with van der Waals surface area (Å²) in [6.07, 6.45) is 3.27. The average Bonchev–Trinajstić information content (AvgIpc) is 0.735. The van der Waals surface area contributed by atoms with E-state index in [0.717, 1.165) is 16.6 Å². The summed E-state index contributed by atoms with van der Waals surface area (Å²) in [6, 6.07) is 178. The van der Waals surface area contributed by atoms with Crippen LogP contribution in [0.2, 0.25) is 0 Å². The summed E-state index contributed by atoms with van der Waals surface area (Å²) in [5.41, 5.74) is 18.0. The van der Waals surface area contributed by atoms with Gasteiger partial charge in [-0.25, -0.2) is 0 Å². The standard InChI is InChI=1S/2C24H20B.3C22H18NP.Fe/c2*1-5-13-21(14-6-1)25(22-15-7-2-8-16-22,23-17-9-3-10-18-23)24-19-11-4-12-20-24;3*1-17-15-18-9-8-14-23-22(18)21(16-17)24(19-10-4-2-5-11-19)20-12-6-3-7-13-20;/h2*1-20H;3*2-16H,1H3;/q2*-1;;;;+2/p+3. The average molecular weight is 1680 g/mol. The Morgan fingerprint density at radius 1 is 0.171 bits per heavy atom. The van der Waals surface area contributed by atoms with Crippen molar-refractivity contribution in [3.05, 3.63) is 533 Å². The van der Waals surface area contributed by atoms with Crippen molar-refractivity contribution >= 4 is 160 Å². The van der Waals surface area contributed by atoms with Gasteiger partial charge in [0, 0.05) is 34.7 Å². The number of hydrogen-bond acceptors (Lipinski definition) is 3. The van der Waals surface area contributed by atoms with E-state index in [2.05, 4.69) is 500 Å². The zero-order chi connectivity index (χ0) is 83.0. The van der Waals surface area contributed by atoms with Gasteiger partial charge in [-0.1, -0.05) is 370 Å². The molecule has 17 aromatic carbocycles. The number of fused-ring (bicyclic) bond motifs is 3. The summed E-state index contributed by atoms with van der Waals surface area (Å²) in [5, 5.41) is 16.1. The molecule has 0 aliphatic carbocycles. The maximum absolute atomic E-state index is 4.72. The van der Waals surface area contributed by atoms with E-state index in [4.69, 9.17) is 15.0 Å². The monoisotopic (exact) mass is 1680 g/mol. The first kappa shape index (κ1) is 84.9. The largest absolute Gasteiger partial charge is 2.00 e. The van der Waals surface area contributed by atoms with Crippen molar-refractivity contribution in [3.8, 4) is 0 Å². The topological polar surface area (TPSA) is 38.7 Å². The molecule has 0 N–H and O–H groups in total. The van der Waals surface area contributed by atoms with Gasteiger partial charge in [-0.05, 0) is 165 Å². The molecule has 0 aliphatic heterocycles. The SMILES string of the molecule is Cc1cc([PH+](c2ccccc2)c2ccccc2)c2ncccc2c1.Cc1cc([PH+](c2ccccc2)c2ccccc2)c2ncccc2c1.Cc1cc([PH+](c2ccccc2)c2ccccc2)c2ncccc2c1.[Fe+2].c1ccc([B-](c2ccccc2)(c2ccccc2)c2ccccc2)cc1.c1ccc([B-](c2ccccc2)(c2ccccc2)c2ccccc2)cc1. The summed E-state index contributed by atoms with van der Waals surface area (Å²) in [7, 11) is -3.26. The van der Waals surface area contributed by atoms with E-state index >= 15 is 0 Å². The molecule has 0 spiro atoms. The zero-order valence-corrected chi connectivity index (χ0v) is 73.5. The Hall–Kier alpha value is -13.1. The molecule has 3 heterocycles. The number of pyridine rings is 3.